The van der Waals surface area contributed by atoms with Gasteiger partial charge in [0.2, 0.25) is 5.78 Å². The molecule has 0 saturated carbocycles. The lowest BCUT2D eigenvalue weighted by Crippen LogP contribution is -2.02. The van der Waals surface area contributed by atoms with E-state index in [1.165, 1.54) is 13.2 Å². The molecule has 0 heterocycles. The highest BCUT2D eigenvalue weighted by Crippen LogP contribution is 2.37. The number of rotatable bonds is 7. The molecule has 0 aromatic heterocycles. The van der Waals surface area contributed by atoms with Crippen molar-refractivity contribution in [3.05, 3.63) is 57.6 Å². The number of ketones is 1. The van der Waals surface area contributed by atoms with Gasteiger partial charge < -0.3 is 14.2 Å². The summed E-state index contributed by atoms with van der Waals surface area (Å²) in [4.78, 5) is 12.6. The second-order valence-electron chi connectivity index (χ2n) is 5.19. The van der Waals surface area contributed by atoms with Gasteiger partial charge in [0.25, 0.3) is 0 Å². The van der Waals surface area contributed by atoms with E-state index < -0.39 is 0 Å². The third-order valence-corrected chi connectivity index (χ3v) is 4.16. The summed E-state index contributed by atoms with van der Waals surface area (Å²) in [5.74, 6) is 1.37. The Bertz CT molecular complexity index is 867. The van der Waals surface area contributed by atoms with Crippen molar-refractivity contribution in [2.75, 3.05) is 20.8 Å². The maximum atomic E-state index is 12.6. The molecule has 0 N–H and O–H groups in total. The minimum atomic E-state index is -0.362. The molecule has 2 aromatic rings. The highest BCUT2D eigenvalue weighted by atomic mass is 79.9. The Morgan fingerprint density at radius 1 is 1.19 bits per heavy atom. The Morgan fingerprint density at radius 3 is 2.42 bits per heavy atom. The monoisotopic (exact) mass is 415 g/mol. The van der Waals surface area contributed by atoms with Crippen LogP contribution in [-0.4, -0.2) is 26.6 Å². The van der Waals surface area contributed by atoms with Crippen LogP contribution in [0.3, 0.4) is 0 Å². The molecule has 2 aromatic carbocycles. The molecular formula is C20H18BrNO4. The SMILES string of the molecule is CCOc1c(Br)cc(/C=C(\C#N)C(=O)c2ccc(OC)cc2)cc1OC. The van der Waals surface area contributed by atoms with Gasteiger partial charge in [-0.2, -0.15) is 5.26 Å². The maximum Gasteiger partial charge on any atom is 0.203 e. The summed E-state index contributed by atoms with van der Waals surface area (Å²) >= 11 is 3.43. The minimum absolute atomic E-state index is 0.0216. The van der Waals surface area contributed by atoms with Gasteiger partial charge in [-0.1, -0.05) is 0 Å². The number of nitriles is 1. The average molecular weight is 416 g/mol. The lowest BCUT2D eigenvalue weighted by Gasteiger charge is -2.12. The zero-order valence-corrected chi connectivity index (χ0v) is 16.3. The molecule has 5 nitrogen and oxygen atoms in total. The van der Waals surface area contributed by atoms with Crippen molar-refractivity contribution in [2.45, 2.75) is 6.92 Å². The molecule has 134 valence electrons. The molecule has 2 rings (SSSR count). The summed E-state index contributed by atoms with van der Waals surface area (Å²) in [6, 6.07) is 12.1. The van der Waals surface area contributed by atoms with E-state index in [2.05, 4.69) is 15.9 Å². The van der Waals surface area contributed by atoms with Crippen molar-refractivity contribution < 1.29 is 19.0 Å². The minimum Gasteiger partial charge on any atom is -0.497 e. The van der Waals surface area contributed by atoms with Crippen LogP contribution in [0.4, 0.5) is 0 Å². The van der Waals surface area contributed by atoms with Crippen molar-refractivity contribution in [1.82, 2.24) is 0 Å². The Kier molecular flexibility index (Phi) is 6.81. The number of halogens is 1. The zero-order chi connectivity index (χ0) is 19.1. The van der Waals surface area contributed by atoms with E-state index in [4.69, 9.17) is 14.2 Å². The topological polar surface area (TPSA) is 68.5 Å². The Morgan fingerprint density at radius 2 is 1.88 bits per heavy atom. The van der Waals surface area contributed by atoms with Gasteiger partial charge in [-0.3, -0.25) is 4.79 Å². The molecule has 0 aliphatic carbocycles. The highest BCUT2D eigenvalue weighted by Gasteiger charge is 2.15. The largest absolute Gasteiger partial charge is 0.497 e. The van der Waals surface area contributed by atoms with E-state index >= 15 is 0 Å². The molecule has 0 aliphatic heterocycles. The molecular weight excluding hydrogens is 398 g/mol. The van der Waals surface area contributed by atoms with E-state index in [9.17, 15) is 10.1 Å². The molecule has 0 radical (unpaired) electrons. The summed E-state index contributed by atoms with van der Waals surface area (Å²) in [5, 5.41) is 9.42. The summed E-state index contributed by atoms with van der Waals surface area (Å²) in [7, 11) is 3.08. The van der Waals surface area contributed by atoms with Gasteiger partial charge in [0.1, 0.15) is 17.4 Å². The molecule has 6 heteroatoms. The van der Waals surface area contributed by atoms with Crippen LogP contribution in [0.25, 0.3) is 6.08 Å². The third kappa shape index (κ3) is 4.44. The molecule has 0 bridgehead atoms. The zero-order valence-electron chi connectivity index (χ0n) is 14.7. The first kappa shape index (κ1) is 19.5. The first-order valence-electron chi connectivity index (χ1n) is 7.84. The molecule has 26 heavy (non-hydrogen) atoms. The van der Waals surface area contributed by atoms with Gasteiger partial charge in [0.15, 0.2) is 11.5 Å². The second-order valence-corrected chi connectivity index (χ2v) is 6.05. The second kappa shape index (κ2) is 9.07. The number of hydrogen-bond donors (Lipinski definition) is 0. The number of methoxy groups -OCH3 is 2. The molecule has 0 aliphatic rings. The van der Waals surface area contributed by atoms with Crippen LogP contribution >= 0.6 is 15.9 Å². The third-order valence-electron chi connectivity index (χ3n) is 3.57. The standard InChI is InChI=1S/C20H18BrNO4/c1-4-26-20-17(21)10-13(11-18(20)25-3)9-15(12-22)19(23)14-5-7-16(24-2)8-6-14/h5-11H,4H2,1-3H3/b15-9+. The summed E-state index contributed by atoms with van der Waals surface area (Å²) < 4.78 is 16.6. The number of Topliss-reactive ketones (excluding diaryl/α,β-unsaturated/α-hetero) is 1. The molecule has 0 saturated heterocycles. The van der Waals surface area contributed by atoms with Crippen molar-refractivity contribution in [1.29, 1.82) is 5.26 Å². The summed E-state index contributed by atoms with van der Waals surface area (Å²) in [6.45, 7) is 2.37. The van der Waals surface area contributed by atoms with Gasteiger partial charge in [-0.25, -0.2) is 0 Å². The molecule has 0 amide bonds. The fourth-order valence-corrected chi connectivity index (χ4v) is 2.89. The lowest BCUT2D eigenvalue weighted by atomic mass is 10.0. The van der Waals surface area contributed by atoms with E-state index in [1.54, 1.807) is 43.5 Å². The van der Waals surface area contributed by atoms with Crippen molar-refractivity contribution >= 4 is 27.8 Å². The fourth-order valence-electron chi connectivity index (χ4n) is 2.32. The first-order chi connectivity index (χ1) is 12.5. The van der Waals surface area contributed by atoms with Gasteiger partial charge in [-0.05, 0) is 70.9 Å². The Balaban J connectivity index is 2.40. The molecule has 0 atom stereocenters. The van der Waals surface area contributed by atoms with Crippen molar-refractivity contribution in [3.63, 3.8) is 0 Å². The molecule has 0 unspecified atom stereocenters. The van der Waals surface area contributed by atoms with E-state index in [1.807, 2.05) is 13.0 Å². The smallest absolute Gasteiger partial charge is 0.203 e. The highest BCUT2D eigenvalue weighted by molar-refractivity contribution is 9.10. The van der Waals surface area contributed by atoms with E-state index in [0.717, 1.165) is 0 Å². The van der Waals surface area contributed by atoms with Gasteiger partial charge in [0, 0.05) is 5.56 Å². The predicted octanol–water partition coefficient (Wildman–Crippen LogP) is 4.65. The van der Waals surface area contributed by atoms with Crippen LogP contribution in [0.1, 0.15) is 22.8 Å². The van der Waals surface area contributed by atoms with Crippen LogP contribution in [0.5, 0.6) is 17.2 Å². The molecule has 0 spiro atoms. The maximum absolute atomic E-state index is 12.6. The van der Waals surface area contributed by atoms with E-state index in [-0.39, 0.29) is 11.4 Å². The number of nitrogens with zero attached hydrogens (tertiary/aromatic N) is 1. The number of ether oxygens (including phenoxy) is 3. The van der Waals surface area contributed by atoms with Crippen LogP contribution in [0.15, 0.2) is 46.4 Å². The number of allylic oxidation sites excluding steroid dienone is 1. The number of carbonyl (C=O) groups excluding carboxylic acids is 1. The first-order valence-corrected chi connectivity index (χ1v) is 8.64. The normalized spacial score (nSPS) is 10.8. The Hall–Kier alpha value is -2.78. The quantitative estimate of drug-likeness (QED) is 0.373. The summed E-state index contributed by atoms with van der Waals surface area (Å²) in [6.07, 6.45) is 1.52. The average Bonchev–Trinajstić information content (AvgIpc) is 2.67. The van der Waals surface area contributed by atoms with Crippen molar-refractivity contribution in [2.24, 2.45) is 0 Å². The van der Waals surface area contributed by atoms with Crippen LogP contribution in [0, 0.1) is 11.3 Å². The van der Waals surface area contributed by atoms with Crippen LogP contribution < -0.4 is 14.2 Å². The van der Waals surface area contributed by atoms with Crippen molar-refractivity contribution in [3.8, 4) is 23.3 Å². The number of carbonyl (C=O) groups is 1. The van der Waals surface area contributed by atoms with Gasteiger partial charge in [0.05, 0.1) is 25.3 Å². The Labute approximate surface area is 160 Å². The molecule has 0 fully saturated rings. The predicted molar refractivity (Wildman–Crippen MR) is 103 cm³/mol. The van der Waals surface area contributed by atoms with Gasteiger partial charge in [-0.15, -0.1) is 0 Å². The van der Waals surface area contributed by atoms with E-state index in [0.29, 0.717) is 39.5 Å². The summed E-state index contributed by atoms with van der Waals surface area (Å²) in [5.41, 5.74) is 1.08. The lowest BCUT2D eigenvalue weighted by molar-refractivity contribution is 0.104. The van der Waals surface area contributed by atoms with Crippen LogP contribution in [-0.2, 0) is 0 Å². The number of hydrogen-bond acceptors (Lipinski definition) is 5. The number of benzene rings is 2. The fraction of sp³-hybridized carbons (Fsp3) is 0.200. The van der Waals surface area contributed by atoms with Gasteiger partial charge >= 0.3 is 0 Å². The van der Waals surface area contributed by atoms with Crippen LogP contribution in [0.2, 0.25) is 0 Å².